The van der Waals surface area contributed by atoms with E-state index in [2.05, 4.69) is 27.0 Å². The van der Waals surface area contributed by atoms with Crippen LogP contribution in [0.5, 0.6) is 0 Å². The number of anilines is 1. The number of nitrogens with zero attached hydrogens (tertiary/aromatic N) is 5. The van der Waals surface area contributed by atoms with Gasteiger partial charge in [-0.2, -0.15) is 5.10 Å². The zero-order valence-electron chi connectivity index (χ0n) is 32.7. The summed E-state index contributed by atoms with van der Waals surface area (Å²) in [6, 6.07) is 10.2. The molecule has 3 N–H and O–H groups in total. The number of carbonyl (C=O) groups excluding carboxylic acids is 4. The molecule has 15 nitrogen and oxygen atoms in total. The van der Waals surface area contributed by atoms with E-state index in [1.54, 1.807) is 27.1 Å². The van der Waals surface area contributed by atoms with E-state index in [1.165, 1.54) is 20.6 Å². The van der Waals surface area contributed by atoms with Gasteiger partial charge < -0.3 is 25.3 Å². The van der Waals surface area contributed by atoms with Gasteiger partial charge in [0.15, 0.2) is 0 Å². The van der Waals surface area contributed by atoms with Crippen LogP contribution in [-0.2, 0) is 24.4 Å². The molecule has 2 aliphatic carbocycles. The first-order valence-electron chi connectivity index (χ1n) is 19.4. The fourth-order valence-corrected chi connectivity index (χ4v) is 9.25. The lowest BCUT2D eigenvalue weighted by Gasteiger charge is -2.32. The summed E-state index contributed by atoms with van der Waals surface area (Å²) in [5, 5.41) is 11.6. The van der Waals surface area contributed by atoms with Crippen LogP contribution in [0.1, 0.15) is 52.0 Å². The molecule has 3 aromatic rings. The van der Waals surface area contributed by atoms with Crippen molar-refractivity contribution >= 4 is 50.2 Å². The first-order chi connectivity index (χ1) is 27.1. The van der Waals surface area contributed by atoms with Crippen LogP contribution >= 0.6 is 0 Å². The monoisotopic (exact) mass is 798 g/mol. The molecule has 5 atom stereocenters. The molecule has 3 fully saturated rings. The molecule has 4 bridgehead atoms. The second-order valence-electron chi connectivity index (χ2n) is 16.0. The fourth-order valence-electron chi connectivity index (χ4n) is 7.88. The summed E-state index contributed by atoms with van der Waals surface area (Å²) < 4.78 is 29.0. The summed E-state index contributed by atoms with van der Waals surface area (Å²) in [6.45, 7) is 8.07. The highest BCUT2D eigenvalue weighted by atomic mass is 32.2. The van der Waals surface area contributed by atoms with Crippen molar-refractivity contribution in [2.24, 2.45) is 11.8 Å². The molecule has 2 saturated carbocycles. The van der Waals surface area contributed by atoms with Crippen LogP contribution < -0.4 is 25.8 Å². The Morgan fingerprint density at radius 3 is 2.46 bits per heavy atom. The SMILES string of the molecule is C=CC1CC1(NC(=O)[C@@H]1C[C@@H]2CN1C(=O)[C@H](C(C)C)NC(=O)N(C)C/C=C/CCN(C)c1cnn2c(=O)c1-c1ccc2ccccc2c1)C(=O)NS(=O)(=O)C1CC1. The average Bonchev–Trinajstić information content (AvgIpc) is 4.11. The van der Waals surface area contributed by atoms with Gasteiger partial charge in [0, 0.05) is 46.1 Å². The first-order valence-corrected chi connectivity index (χ1v) is 21.0. The number of benzene rings is 2. The standard InChI is InChI=1S/C41H50N8O7S/c1-6-29-22-41(29,39(53)45-57(55,56)31-16-17-31)44-36(50)32-21-30-24-48(32)38(52)35(25(2)3)43-40(54)47(5)19-11-7-10-18-46(4)33-23-42-49(30)37(51)34(33)28-15-14-26-12-8-9-13-27(26)20-28/h6-9,11-15,20,23,25,29-32,35H,1,10,16-19,21-22,24H2,2-5H3,(H,43,54)(H,44,50)(H,45,53)/b11-7+/t29?,30-,32+,35+,41?/m1/s1. The van der Waals surface area contributed by atoms with Crippen molar-refractivity contribution < 1.29 is 27.6 Å². The molecule has 1 saturated heterocycles. The van der Waals surface area contributed by atoms with Crippen molar-refractivity contribution in [3.8, 4) is 11.1 Å². The number of urea groups is 1. The number of hydrogen-bond donors (Lipinski definition) is 3. The van der Waals surface area contributed by atoms with E-state index >= 15 is 0 Å². The van der Waals surface area contributed by atoms with Gasteiger partial charge in [-0.25, -0.2) is 17.9 Å². The highest BCUT2D eigenvalue weighted by Gasteiger charge is 2.62. The zero-order chi connectivity index (χ0) is 40.8. The molecule has 1 aromatic heterocycles. The Kier molecular flexibility index (Phi) is 10.8. The number of hydrogen-bond acceptors (Lipinski definition) is 9. The molecule has 2 unspecified atom stereocenters. The quantitative estimate of drug-likeness (QED) is 0.289. The molecule has 5 amide bonds. The van der Waals surface area contributed by atoms with Gasteiger partial charge in [0.1, 0.15) is 17.6 Å². The van der Waals surface area contributed by atoms with Crippen molar-refractivity contribution in [1.29, 1.82) is 0 Å². The molecule has 8 rings (SSSR count). The summed E-state index contributed by atoms with van der Waals surface area (Å²) >= 11 is 0. The lowest BCUT2D eigenvalue weighted by molar-refractivity contribution is -0.141. The topological polar surface area (TPSA) is 183 Å². The Morgan fingerprint density at radius 1 is 1.04 bits per heavy atom. The van der Waals surface area contributed by atoms with Gasteiger partial charge in [0.2, 0.25) is 21.8 Å². The average molecular weight is 799 g/mol. The largest absolute Gasteiger partial charge is 0.372 e. The molecule has 57 heavy (non-hydrogen) atoms. The molecule has 302 valence electrons. The number of amides is 5. The number of nitrogens with one attached hydrogen (secondary N) is 3. The van der Waals surface area contributed by atoms with Crippen LogP contribution in [0.25, 0.3) is 21.9 Å². The third kappa shape index (κ3) is 7.78. The number of carbonyl (C=O) groups is 4. The Morgan fingerprint density at radius 2 is 1.77 bits per heavy atom. The zero-order valence-corrected chi connectivity index (χ0v) is 33.5. The Hall–Kier alpha value is -5.51. The van der Waals surface area contributed by atoms with Crippen LogP contribution in [0.15, 0.2) is 78.3 Å². The van der Waals surface area contributed by atoms with Crippen LogP contribution in [0.2, 0.25) is 0 Å². The molecular formula is C41H50N8O7S. The second kappa shape index (κ2) is 15.4. The highest BCUT2D eigenvalue weighted by molar-refractivity contribution is 7.91. The van der Waals surface area contributed by atoms with E-state index in [1.807, 2.05) is 66.6 Å². The maximum atomic E-state index is 14.8. The second-order valence-corrected chi connectivity index (χ2v) is 18.0. The van der Waals surface area contributed by atoms with Gasteiger partial charge in [-0.05, 0) is 54.0 Å². The molecule has 5 aliphatic rings. The molecule has 0 spiro atoms. The minimum Gasteiger partial charge on any atom is -0.372 e. The van der Waals surface area contributed by atoms with Crippen molar-refractivity contribution in [1.82, 2.24) is 34.9 Å². The van der Waals surface area contributed by atoms with Crippen LogP contribution in [-0.4, -0.2) is 108 Å². The number of rotatable bonds is 8. The first kappa shape index (κ1) is 39.7. The maximum Gasteiger partial charge on any atom is 0.318 e. The lowest BCUT2D eigenvalue weighted by Crippen LogP contribution is -2.59. The van der Waals surface area contributed by atoms with Gasteiger partial charge in [0.25, 0.3) is 11.5 Å². The Bertz CT molecular complexity index is 2320. The number of fused-ring (bicyclic) bond motifs is 12. The third-order valence-corrected chi connectivity index (χ3v) is 13.4. The molecule has 16 heteroatoms. The third-order valence-electron chi connectivity index (χ3n) is 11.6. The number of likely N-dealkylation sites (N-methyl/N-ethyl adjacent to an activating group) is 1. The van der Waals surface area contributed by atoms with E-state index < -0.39 is 80.1 Å². The molecule has 4 heterocycles. The number of aromatic nitrogens is 2. The fraction of sp³-hybridized carbons (Fsp3) is 0.463. The molecule has 2 aromatic carbocycles. The van der Waals surface area contributed by atoms with E-state index in [0.717, 1.165) is 10.8 Å². The predicted molar refractivity (Wildman–Crippen MR) is 217 cm³/mol. The minimum atomic E-state index is -3.93. The van der Waals surface area contributed by atoms with Gasteiger partial charge in [-0.15, -0.1) is 6.58 Å². The van der Waals surface area contributed by atoms with Crippen molar-refractivity contribution in [3.05, 3.63) is 83.8 Å². The number of sulfonamides is 1. The van der Waals surface area contributed by atoms with Crippen LogP contribution in [0.4, 0.5) is 10.5 Å². The van der Waals surface area contributed by atoms with Crippen LogP contribution in [0, 0.1) is 11.8 Å². The molecule has 0 radical (unpaired) electrons. The summed E-state index contributed by atoms with van der Waals surface area (Å²) in [4.78, 5) is 75.7. The Balaban J connectivity index is 1.30. The minimum absolute atomic E-state index is 0.0454. The maximum absolute atomic E-state index is 14.8. The smallest absolute Gasteiger partial charge is 0.318 e. The normalized spacial score (nSPS) is 26.2. The van der Waals surface area contributed by atoms with E-state index in [9.17, 15) is 32.4 Å². The van der Waals surface area contributed by atoms with Gasteiger partial charge in [0.05, 0.1) is 28.7 Å². The van der Waals surface area contributed by atoms with Gasteiger partial charge in [-0.3, -0.25) is 23.9 Å². The highest BCUT2D eigenvalue weighted by Crippen LogP contribution is 2.46. The van der Waals surface area contributed by atoms with Crippen molar-refractivity contribution in [3.63, 3.8) is 0 Å². The van der Waals surface area contributed by atoms with Crippen molar-refractivity contribution in [2.75, 3.05) is 38.6 Å². The van der Waals surface area contributed by atoms with E-state index in [4.69, 9.17) is 0 Å². The van der Waals surface area contributed by atoms with E-state index in [0.29, 0.717) is 42.6 Å². The summed E-state index contributed by atoms with van der Waals surface area (Å²) in [5.74, 6) is -3.05. The van der Waals surface area contributed by atoms with Crippen molar-refractivity contribution in [2.45, 2.75) is 74.9 Å². The summed E-state index contributed by atoms with van der Waals surface area (Å²) in [7, 11) is -0.416. The van der Waals surface area contributed by atoms with Gasteiger partial charge >= 0.3 is 6.03 Å². The van der Waals surface area contributed by atoms with Crippen LogP contribution in [0.3, 0.4) is 0 Å². The predicted octanol–water partition coefficient (Wildman–Crippen LogP) is 2.94. The Labute approximate surface area is 332 Å². The summed E-state index contributed by atoms with van der Waals surface area (Å²) in [5.41, 5.74) is -0.289. The van der Waals surface area contributed by atoms with Gasteiger partial charge in [-0.1, -0.05) is 68.5 Å². The molecule has 3 aliphatic heterocycles. The van der Waals surface area contributed by atoms with E-state index in [-0.39, 0.29) is 25.9 Å². The molecular weight excluding hydrogens is 749 g/mol. The summed E-state index contributed by atoms with van der Waals surface area (Å²) in [6.07, 6.45) is 8.54. The lowest BCUT2D eigenvalue weighted by atomic mass is 10.0.